The molecule has 0 spiro atoms. The second-order valence-corrected chi connectivity index (χ2v) is 5.90. The normalized spacial score (nSPS) is 16.3. The Morgan fingerprint density at radius 1 is 1.33 bits per heavy atom. The fourth-order valence-corrected chi connectivity index (χ4v) is 2.83. The lowest BCUT2D eigenvalue weighted by atomic mass is 10.00. The van der Waals surface area contributed by atoms with Gasteiger partial charge in [0.05, 0.1) is 0 Å². The molecule has 4 heteroatoms. The molecule has 1 aromatic carbocycles. The minimum Gasteiger partial charge on any atom is -0.356 e. The number of nitrogens with one attached hydrogen (secondary N) is 2. The van der Waals surface area contributed by atoms with Crippen LogP contribution in [-0.2, 0) is 17.8 Å². The maximum absolute atomic E-state index is 11.8. The molecule has 1 atom stereocenters. The van der Waals surface area contributed by atoms with Crippen molar-refractivity contribution >= 4 is 5.91 Å². The van der Waals surface area contributed by atoms with Crippen LogP contribution in [0.15, 0.2) is 24.3 Å². The van der Waals surface area contributed by atoms with Crippen molar-refractivity contribution in [2.24, 2.45) is 5.92 Å². The summed E-state index contributed by atoms with van der Waals surface area (Å²) >= 11 is 0. The van der Waals surface area contributed by atoms with Crippen LogP contribution in [0.4, 0.5) is 0 Å². The Kier molecular flexibility index (Phi) is 6.21. The van der Waals surface area contributed by atoms with Crippen molar-refractivity contribution in [3.8, 4) is 0 Å². The lowest BCUT2D eigenvalue weighted by molar-refractivity contribution is -0.124. The lowest BCUT2D eigenvalue weighted by Crippen LogP contribution is -2.37. The van der Waals surface area contributed by atoms with Gasteiger partial charge in [0.15, 0.2) is 0 Å². The van der Waals surface area contributed by atoms with Crippen molar-refractivity contribution < 1.29 is 4.79 Å². The van der Waals surface area contributed by atoms with Crippen LogP contribution in [0.5, 0.6) is 0 Å². The average molecular weight is 289 g/mol. The number of hydrogen-bond acceptors (Lipinski definition) is 3. The third-order valence-electron chi connectivity index (χ3n) is 4.12. The van der Waals surface area contributed by atoms with Gasteiger partial charge in [0, 0.05) is 38.6 Å². The summed E-state index contributed by atoms with van der Waals surface area (Å²) in [5.74, 6) is 0.185. The van der Waals surface area contributed by atoms with E-state index in [1.54, 1.807) is 0 Å². The molecular formula is C17H27N3O. The van der Waals surface area contributed by atoms with Gasteiger partial charge < -0.3 is 10.6 Å². The average Bonchev–Trinajstić information content (AvgIpc) is 2.51. The molecule has 2 rings (SSSR count). The zero-order valence-electron chi connectivity index (χ0n) is 13.2. The molecular weight excluding hydrogens is 262 g/mol. The highest BCUT2D eigenvalue weighted by atomic mass is 16.1. The van der Waals surface area contributed by atoms with Gasteiger partial charge in [-0.2, -0.15) is 0 Å². The summed E-state index contributed by atoms with van der Waals surface area (Å²) in [7, 11) is 1.87. The Labute approximate surface area is 127 Å². The van der Waals surface area contributed by atoms with Crippen molar-refractivity contribution in [2.45, 2.75) is 26.3 Å². The number of rotatable bonds is 7. The zero-order chi connectivity index (χ0) is 15.1. The quantitative estimate of drug-likeness (QED) is 0.746. The Balaban J connectivity index is 1.65. The summed E-state index contributed by atoms with van der Waals surface area (Å²) in [6, 6.07) is 8.70. The van der Waals surface area contributed by atoms with Crippen LogP contribution in [0.25, 0.3) is 0 Å². The second kappa shape index (κ2) is 8.15. The minimum atomic E-state index is 0.0388. The van der Waals surface area contributed by atoms with Gasteiger partial charge in [0.2, 0.25) is 5.91 Å². The first kappa shape index (κ1) is 16.0. The number of hydrogen-bond donors (Lipinski definition) is 2. The van der Waals surface area contributed by atoms with Gasteiger partial charge in [-0.15, -0.1) is 0 Å². The predicted octanol–water partition coefficient (Wildman–Crippen LogP) is 1.41. The standard InChI is InChI=1S/C17H27N3O/c1-14(12-18-2)17(21)19-9-5-10-20-11-8-15-6-3-4-7-16(15)13-20/h3-4,6-7,14,18H,5,8-13H2,1-2H3,(H,19,21). The molecule has 116 valence electrons. The second-order valence-electron chi connectivity index (χ2n) is 5.90. The fraction of sp³-hybridized carbons (Fsp3) is 0.588. The molecule has 1 heterocycles. The Bertz CT molecular complexity index is 461. The van der Waals surface area contributed by atoms with E-state index in [0.29, 0.717) is 0 Å². The van der Waals surface area contributed by atoms with Crippen LogP contribution in [0.2, 0.25) is 0 Å². The molecule has 2 N–H and O–H groups in total. The fourth-order valence-electron chi connectivity index (χ4n) is 2.83. The smallest absolute Gasteiger partial charge is 0.224 e. The number of amides is 1. The maximum atomic E-state index is 11.8. The van der Waals surface area contributed by atoms with Gasteiger partial charge in [-0.1, -0.05) is 31.2 Å². The monoisotopic (exact) mass is 289 g/mol. The molecule has 0 radical (unpaired) electrons. The molecule has 1 unspecified atom stereocenters. The number of nitrogens with zero attached hydrogens (tertiary/aromatic N) is 1. The van der Waals surface area contributed by atoms with Crippen molar-refractivity contribution in [3.63, 3.8) is 0 Å². The van der Waals surface area contributed by atoms with Crippen molar-refractivity contribution in [1.82, 2.24) is 15.5 Å². The van der Waals surface area contributed by atoms with Gasteiger partial charge in [0.1, 0.15) is 0 Å². The van der Waals surface area contributed by atoms with E-state index in [1.807, 2.05) is 14.0 Å². The van der Waals surface area contributed by atoms with Crippen LogP contribution < -0.4 is 10.6 Å². The summed E-state index contributed by atoms with van der Waals surface area (Å²) < 4.78 is 0. The molecule has 1 aliphatic rings. The molecule has 0 saturated heterocycles. The highest BCUT2D eigenvalue weighted by Gasteiger charge is 2.15. The van der Waals surface area contributed by atoms with Gasteiger partial charge in [-0.05, 0) is 31.0 Å². The lowest BCUT2D eigenvalue weighted by Gasteiger charge is -2.28. The van der Waals surface area contributed by atoms with E-state index >= 15 is 0 Å². The highest BCUT2D eigenvalue weighted by Crippen LogP contribution is 2.18. The van der Waals surface area contributed by atoms with Gasteiger partial charge in [-0.3, -0.25) is 9.69 Å². The highest BCUT2D eigenvalue weighted by molar-refractivity contribution is 5.78. The molecule has 4 nitrogen and oxygen atoms in total. The number of carbonyl (C=O) groups excluding carboxylic acids is 1. The first-order valence-electron chi connectivity index (χ1n) is 7.92. The van der Waals surface area contributed by atoms with E-state index < -0.39 is 0 Å². The molecule has 1 amide bonds. The first-order chi connectivity index (χ1) is 10.2. The van der Waals surface area contributed by atoms with Crippen molar-refractivity contribution in [1.29, 1.82) is 0 Å². The molecule has 0 aliphatic carbocycles. The van der Waals surface area contributed by atoms with E-state index in [0.717, 1.165) is 45.6 Å². The predicted molar refractivity (Wildman–Crippen MR) is 86.1 cm³/mol. The third-order valence-corrected chi connectivity index (χ3v) is 4.12. The molecule has 21 heavy (non-hydrogen) atoms. The third kappa shape index (κ3) is 4.83. The number of benzene rings is 1. The summed E-state index contributed by atoms with van der Waals surface area (Å²) in [6.45, 7) is 6.67. The molecule has 0 bridgehead atoms. The van der Waals surface area contributed by atoms with Gasteiger partial charge >= 0.3 is 0 Å². The van der Waals surface area contributed by atoms with Crippen LogP contribution in [0.1, 0.15) is 24.5 Å². The zero-order valence-corrected chi connectivity index (χ0v) is 13.2. The Morgan fingerprint density at radius 2 is 2.10 bits per heavy atom. The molecule has 0 aromatic heterocycles. The van der Waals surface area contributed by atoms with E-state index in [-0.39, 0.29) is 11.8 Å². The van der Waals surface area contributed by atoms with Crippen LogP contribution >= 0.6 is 0 Å². The summed E-state index contributed by atoms with van der Waals surface area (Å²) in [5.41, 5.74) is 2.94. The molecule has 1 aliphatic heterocycles. The van der Waals surface area contributed by atoms with E-state index in [2.05, 4.69) is 39.8 Å². The van der Waals surface area contributed by atoms with Gasteiger partial charge in [-0.25, -0.2) is 0 Å². The Hall–Kier alpha value is -1.39. The van der Waals surface area contributed by atoms with Crippen LogP contribution in [-0.4, -0.2) is 44.0 Å². The molecule has 0 saturated carbocycles. The minimum absolute atomic E-state index is 0.0388. The number of fused-ring (bicyclic) bond motifs is 1. The number of carbonyl (C=O) groups is 1. The van der Waals surface area contributed by atoms with Crippen molar-refractivity contribution in [2.75, 3.05) is 33.2 Å². The Morgan fingerprint density at radius 3 is 2.86 bits per heavy atom. The van der Waals surface area contributed by atoms with Crippen molar-refractivity contribution in [3.05, 3.63) is 35.4 Å². The SMILES string of the molecule is CNCC(C)C(=O)NCCCN1CCc2ccccc2C1. The largest absolute Gasteiger partial charge is 0.356 e. The van der Waals surface area contributed by atoms with E-state index in [1.165, 1.54) is 11.1 Å². The van der Waals surface area contributed by atoms with Crippen LogP contribution in [0, 0.1) is 5.92 Å². The summed E-state index contributed by atoms with van der Waals surface area (Å²) in [6.07, 6.45) is 2.15. The topological polar surface area (TPSA) is 44.4 Å². The maximum Gasteiger partial charge on any atom is 0.224 e. The first-order valence-corrected chi connectivity index (χ1v) is 7.92. The van der Waals surface area contributed by atoms with E-state index in [4.69, 9.17) is 0 Å². The van der Waals surface area contributed by atoms with Crippen LogP contribution in [0.3, 0.4) is 0 Å². The summed E-state index contributed by atoms with van der Waals surface area (Å²) in [4.78, 5) is 14.3. The summed E-state index contributed by atoms with van der Waals surface area (Å²) in [5, 5.41) is 6.05. The molecule has 1 aromatic rings. The van der Waals surface area contributed by atoms with Gasteiger partial charge in [0.25, 0.3) is 0 Å². The van der Waals surface area contributed by atoms with E-state index in [9.17, 15) is 4.79 Å². The molecule has 0 fully saturated rings.